The maximum absolute atomic E-state index is 11.7. The lowest BCUT2D eigenvalue weighted by Crippen LogP contribution is -2.32. The zero-order valence-corrected chi connectivity index (χ0v) is 13.6. The Morgan fingerprint density at radius 3 is 2.96 bits per heavy atom. The summed E-state index contributed by atoms with van der Waals surface area (Å²) in [6.07, 6.45) is 0.865. The first-order valence-electron chi connectivity index (χ1n) is 7.69. The highest BCUT2D eigenvalue weighted by Gasteiger charge is 2.22. The predicted molar refractivity (Wildman–Crippen MR) is 90.6 cm³/mol. The lowest BCUT2D eigenvalue weighted by atomic mass is 10.1. The van der Waals surface area contributed by atoms with E-state index in [9.17, 15) is 4.79 Å². The molecule has 122 valence electrons. The van der Waals surface area contributed by atoms with Gasteiger partial charge in [0.1, 0.15) is 0 Å². The van der Waals surface area contributed by atoms with E-state index in [0.29, 0.717) is 18.2 Å². The molecule has 0 fully saturated rings. The minimum absolute atomic E-state index is 0.272. The Balaban J connectivity index is 1.61. The maximum atomic E-state index is 11.7. The number of H-pyrrole nitrogens is 1. The Morgan fingerprint density at radius 2 is 2.17 bits per heavy atom. The molecule has 2 heterocycles. The van der Waals surface area contributed by atoms with Gasteiger partial charge in [-0.3, -0.25) is 15.3 Å². The monoisotopic (exact) mass is 333 g/mol. The van der Waals surface area contributed by atoms with Crippen molar-refractivity contribution < 1.29 is 4.79 Å². The number of carbonyl (C=O) groups excluding carboxylic acids is 1. The fourth-order valence-corrected chi connectivity index (χ4v) is 2.86. The van der Waals surface area contributed by atoms with Gasteiger partial charge in [0.2, 0.25) is 0 Å². The van der Waals surface area contributed by atoms with Crippen LogP contribution in [0.3, 0.4) is 0 Å². The third kappa shape index (κ3) is 4.03. The Bertz CT molecular complexity index is 658. The van der Waals surface area contributed by atoms with Crippen LogP contribution in [0.15, 0.2) is 30.3 Å². The molecule has 1 aromatic heterocycles. The van der Waals surface area contributed by atoms with Gasteiger partial charge in [-0.25, -0.2) is 4.79 Å². The minimum Gasteiger partial charge on any atom is -0.337 e. The Labute approximate surface area is 140 Å². The van der Waals surface area contributed by atoms with Gasteiger partial charge in [-0.05, 0) is 12.0 Å². The molecule has 0 radical (unpaired) electrons. The third-order valence-corrected chi connectivity index (χ3v) is 4.06. The van der Waals surface area contributed by atoms with Crippen LogP contribution in [0.1, 0.15) is 16.8 Å². The fraction of sp³-hybridized carbons (Fsp3) is 0.375. The number of halogens is 1. The summed E-state index contributed by atoms with van der Waals surface area (Å²) in [4.78, 5) is 14.1. The Morgan fingerprint density at radius 1 is 1.35 bits per heavy atom. The van der Waals surface area contributed by atoms with Crippen LogP contribution in [0.4, 0.5) is 10.6 Å². The molecule has 3 N–H and O–H groups in total. The van der Waals surface area contributed by atoms with E-state index in [1.807, 2.05) is 6.07 Å². The van der Waals surface area contributed by atoms with Crippen molar-refractivity contribution in [3.05, 3.63) is 47.2 Å². The van der Waals surface area contributed by atoms with Crippen LogP contribution in [0.5, 0.6) is 0 Å². The molecule has 2 amide bonds. The number of carbonyl (C=O) groups is 1. The largest absolute Gasteiger partial charge is 0.337 e. The molecule has 0 aliphatic carbocycles. The smallest absolute Gasteiger partial charge is 0.320 e. The first-order chi connectivity index (χ1) is 11.3. The van der Waals surface area contributed by atoms with Gasteiger partial charge < -0.3 is 5.32 Å². The van der Waals surface area contributed by atoms with Crippen LogP contribution >= 0.6 is 11.6 Å². The number of aromatic amines is 1. The quantitative estimate of drug-likeness (QED) is 0.735. The zero-order valence-electron chi connectivity index (χ0n) is 12.8. The van der Waals surface area contributed by atoms with Crippen molar-refractivity contribution in [3.8, 4) is 0 Å². The number of urea groups is 1. The number of hydrogen-bond donors (Lipinski definition) is 3. The molecule has 0 saturated heterocycles. The van der Waals surface area contributed by atoms with E-state index in [2.05, 4.69) is 50.0 Å². The van der Waals surface area contributed by atoms with Crippen molar-refractivity contribution in [2.75, 3.05) is 24.3 Å². The van der Waals surface area contributed by atoms with E-state index in [1.54, 1.807) is 0 Å². The van der Waals surface area contributed by atoms with Crippen molar-refractivity contribution in [2.24, 2.45) is 0 Å². The van der Waals surface area contributed by atoms with Gasteiger partial charge in [0.05, 0.1) is 5.69 Å². The zero-order chi connectivity index (χ0) is 16.1. The van der Waals surface area contributed by atoms with Crippen LogP contribution < -0.4 is 10.6 Å². The summed E-state index contributed by atoms with van der Waals surface area (Å²) < 4.78 is 0. The van der Waals surface area contributed by atoms with Crippen LogP contribution in [-0.4, -0.2) is 40.1 Å². The fourth-order valence-electron chi connectivity index (χ4n) is 2.77. The molecular formula is C16H20ClN5O. The van der Waals surface area contributed by atoms with Gasteiger partial charge >= 0.3 is 6.03 Å². The number of fused-ring (bicyclic) bond motifs is 1. The molecule has 0 bridgehead atoms. The lowest BCUT2D eigenvalue weighted by molar-refractivity contribution is 0.242. The van der Waals surface area contributed by atoms with Crippen molar-refractivity contribution >= 4 is 23.4 Å². The summed E-state index contributed by atoms with van der Waals surface area (Å²) >= 11 is 5.56. The standard InChI is InChI=1S/C16H20ClN5O/c17-7-8-18-16(23)19-15-13-6-9-22(11-14(13)20-21-15)10-12-4-2-1-3-5-12/h1-5H,6-11H2,(H3,18,19,20,21,23). The number of anilines is 1. The summed E-state index contributed by atoms with van der Waals surface area (Å²) in [6, 6.07) is 10.1. The van der Waals surface area contributed by atoms with E-state index in [4.69, 9.17) is 11.6 Å². The van der Waals surface area contributed by atoms with Crippen LogP contribution in [0, 0.1) is 0 Å². The van der Waals surface area contributed by atoms with Gasteiger partial charge in [0, 0.05) is 37.6 Å². The third-order valence-electron chi connectivity index (χ3n) is 3.87. The molecule has 3 rings (SSSR count). The molecule has 2 aromatic rings. The molecule has 7 heteroatoms. The first-order valence-corrected chi connectivity index (χ1v) is 8.23. The first kappa shape index (κ1) is 15.8. The molecule has 1 aliphatic heterocycles. The van der Waals surface area contributed by atoms with Crippen molar-refractivity contribution in [1.82, 2.24) is 20.4 Å². The molecule has 1 aromatic carbocycles. The van der Waals surface area contributed by atoms with Gasteiger partial charge in [0.25, 0.3) is 0 Å². The Hall–Kier alpha value is -2.05. The lowest BCUT2D eigenvalue weighted by Gasteiger charge is -2.26. The molecule has 23 heavy (non-hydrogen) atoms. The second-order valence-corrected chi connectivity index (χ2v) is 5.92. The van der Waals surface area contributed by atoms with E-state index >= 15 is 0 Å². The molecule has 0 unspecified atom stereocenters. The molecule has 0 spiro atoms. The molecule has 1 aliphatic rings. The molecular weight excluding hydrogens is 314 g/mol. The highest BCUT2D eigenvalue weighted by atomic mass is 35.5. The van der Waals surface area contributed by atoms with Gasteiger partial charge in [-0.1, -0.05) is 30.3 Å². The Kier molecular flexibility index (Phi) is 5.15. The maximum Gasteiger partial charge on any atom is 0.320 e. The summed E-state index contributed by atoms with van der Waals surface area (Å²) in [5.41, 5.74) is 3.46. The van der Waals surface area contributed by atoms with E-state index in [-0.39, 0.29) is 6.03 Å². The normalized spacial score (nSPS) is 14.3. The predicted octanol–water partition coefficient (Wildman–Crippen LogP) is 2.33. The summed E-state index contributed by atoms with van der Waals surface area (Å²) in [5.74, 6) is 1.01. The average molecular weight is 334 g/mol. The molecule has 0 atom stereocenters. The highest BCUT2D eigenvalue weighted by Crippen LogP contribution is 2.24. The van der Waals surface area contributed by atoms with Crippen molar-refractivity contribution in [3.63, 3.8) is 0 Å². The number of hydrogen-bond acceptors (Lipinski definition) is 3. The van der Waals surface area contributed by atoms with Gasteiger partial charge in [0.15, 0.2) is 5.82 Å². The number of alkyl halides is 1. The summed E-state index contributed by atoms with van der Waals surface area (Å²) in [6.45, 7) is 3.10. The van der Waals surface area contributed by atoms with Crippen molar-refractivity contribution in [1.29, 1.82) is 0 Å². The van der Waals surface area contributed by atoms with Crippen LogP contribution in [-0.2, 0) is 19.5 Å². The topological polar surface area (TPSA) is 73.0 Å². The average Bonchev–Trinajstić information content (AvgIpc) is 2.96. The number of amides is 2. The summed E-state index contributed by atoms with van der Waals surface area (Å²) in [5, 5.41) is 12.7. The van der Waals surface area contributed by atoms with Crippen LogP contribution in [0.25, 0.3) is 0 Å². The minimum atomic E-state index is -0.272. The summed E-state index contributed by atoms with van der Waals surface area (Å²) in [7, 11) is 0. The molecule has 0 saturated carbocycles. The molecule has 6 nitrogen and oxygen atoms in total. The number of nitrogens with zero attached hydrogens (tertiary/aromatic N) is 2. The van der Waals surface area contributed by atoms with Crippen LogP contribution in [0.2, 0.25) is 0 Å². The van der Waals surface area contributed by atoms with E-state index < -0.39 is 0 Å². The second kappa shape index (κ2) is 7.48. The van der Waals surface area contributed by atoms with Gasteiger partial charge in [-0.2, -0.15) is 5.10 Å². The SMILES string of the molecule is O=C(NCCCl)Nc1n[nH]c2c1CCN(Cc1ccccc1)C2. The number of benzene rings is 1. The second-order valence-electron chi connectivity index (χ2n) is 5.55. The van der Waals surface area contributed by atoms with E-state index in [1.165, 1.54) is 5.56 Å². The number of rotatable bonds is 5. The highest BCUT2D eigenvalue weighted by molar-refractivity contribution is 6.18. The van der Waals surface area contributed by atoms with Gasteiger partial charge in [-0.15, -0.1) is 11.6 Å². The van der Waals surface area contributed by atoms with E-state index in [0.717, 1.165) is 37.3 Å². The van der Waals surface area contributed by atoms with Crippen molar-refractivity contribution in [2.45, 2.75) is 19.5 Å². The number of nitrogens with one attached hydrogen (secondary N) is 3. The number of aromatic nitrogens is 2.